The van der Waals surface area contributed by atoms with E-state index >= 15 is 0 Å². The number of hydrogen-bond donors (Lipinski definition) is 1. The number of halogens is 2. The van der Waals surface area contributed by atoms with Crippen molar-refractivity contribution in [3.8, 4) is 0 Å². The molecule has 0 aliphatic carbocycles. The summed E-state index contributed by atoms with van der Waals surface area (Å²) in [5.74, 6) is -0.923. The molecule has 0 saturated carbocycles. The minimum atomic E-state index is -0.773. The lowest BCUT2D eigenvalue weighted by Gasteiger charge is -2.37. The Morgan fingerprint density at radius 1 is 1.58 bits per heavy atom. The first-order valence-corrected chi connectivity index (χ1v) is 7.19. The van der Waals surface area contributed by atoms with Crippen molar-refractivity contribution >= 4 is 21.9 Å². The Kier molecular flexibility index (Phi) is 4.58. The Labute approximate surface area is 120 Å². The Morgan fingerprint density at radius 3 is 2.95 bits per heavy atom. The summed E-state index contributed by atoms with van der Waals surface area (Å²) in [4.78, 5) is 13.4. The van der Waals surface area contributed by atoms with E-state index < -0.39 is 12.0 Å². The number of benzene rings is 1. The zero-order valence-electron chi connectivity index (χ0n) is 10.8. The number of aliphatic carboxylic acids is 1. The Balaban J connectivity index is 2.18. The first kappa shape index (κ1) is 14.5. The molecule has 2 rings (SSSR count). The van der Waals surface area contributed by atoms with E-state index in [4.69, 9.17) is 0 Å². The molecule has 5 heteroatoms. The van der Waals surface area contributed by atoms with Crippen molar-refractivity contribution in [1.29, 1.82) is 0 Å². The predicted octanol–water partition coefficient (Wildman–Crippen LogP) is 3.27. The van der Waals surface area contributed by atoms with Gasteiger partial charge in [0, 0.05) is 11.0 Å². The first-order chi connectivity index (χ1) is 8.99. The highest BCUT2D eigenvalue weighted by molar-refractivity contribution is 9.10. The molecule has 19 heavy (non-hydrogen) atoms. The molecule has 1 aromatic carbocycles. The van der Waals surface area contributed by atoms with Crippen molar-refractivity contribution in [3.05, 3.63) is 34.1 Å². The summed E-state index contributed by atoms with van der Waals surface area (Å²) in [5, 5.41) is 9.36. The molecule has 1 fully saturated rings. The maximum Gasteiger partial charge on any atom is 0.321 e. The van der Waals surface area contributed by atoms with Crippen LogP contribution in [0.5, 0.6) is 0 Å². The molecule has 0 bridgehead atoms. The van der Waals surface area contributed by atoms with Crippen molar-refractivity contribution in [1.82, 2.24) is 4.90 Å². The molecule has 0 aromatic heterocycles. The average Bonchev–Trinajstić information content (AvgIpc) is 2.32. The predicted molar refractivity (Wildman–Crippen MR) is 74.3 cm³/mol. The first-order valence-electron chi connectivity index (χ1n) is 6.40. The highest BCUT2D eigenvalue weighted by atomic mass is 79.9. The highest BCUT2D eigenvalue weighted by Crippen LogP contribution is 2.27. The molecule has 0 amide bonds. The number of nitrogens with zero attached hydrogens (tertiary/aromatic N) is 1. The van der Waals surface area contributed by atoms with Crippen LogP contribution in [0.2, 0.25) is 0 Å². The fourth-order valence-electron chi connectivity index (χ4n) is 2.72. The molecule has 1 aliphatic rings. The van der Waals surface area contributed by atoms with Crippen LogP contribution >= 0.6 is 15.9 Å². The smallest absolute Gasteiger partial charge is 0.321 e. The van der Waals surface area contributed by atoms with Crippen molar-refractivity contribution in [2.24, 2.45) is 5.92 Å². The van der Waals surface area contributed by atoms with Gasteiger partial charge in [0.25, 0.3) is 0 Å². The van der Waals surface area contributed by atoms with E-state index in [2.05, 4.69) is 15.9 Å². The van der Waals surface area contributed by atoms with Gasteiger partial charge in [-0.1, -0.05) is 28.9 Å². The van der Waals surface area contributed by atoms with Gasteiger partial charge in [-0.25, -0.2) is 4.39 Å². The van der Waals surface area contributed by atoms with Gasteiger partial charge >= 0.3 is 5.97 Å². The molecule has 0 spiro atoms. The van der Waals surface area contributed by atoms with E-state index in [0.717, 1.165) is 24.9 Å². The van der Waals surface area contributed by atoms with E-state index in [1.807, 2.05) is 11.8 Å². The zero-order valence-corrected chi connectivity index (χ0v) is 12.4. The molecule has 3 nitrogen and oxygen atoms in total. The fraction of sp³-hybridized carbons (Fsp3) is 0.500. The summed E-state index contributed by atoms with van der Waals surface area (Å²) >= 11 is 3.33. The average molecular weight is 330 g/mol. The Morgan fingerprint density at radius 2 is 2.32 bits per heavy atom. The molecule has 0 radical (unpaired) electrons. The van der Waals surface area contributed by atoms with Crippen LogP contribution in [-0.4, -0.2) is 28.6 Å². The summed E-state index contributed by atoms with van der Waals surface area (Å²) in [6.45, 7) is 3.28. The summed E-state index contributed by atoms with van der Waals surface area (Å²) < 4.78 is 13.7. The number of piperidine rings is 1. The van der Waals surface area contributed by atoms with Gasteiger partial charge in [-0.05, 0) is 43.0 Å². The van der Waals surface area contributed by atoms with Gasteiger partial charge in [-0.15, -0.1) is 0 Å². The summed E-state index contributed by atoms with van der Waals surface area (Å²) in [5.41, 5.74) is 0.918. The van der Waals surface area contributed by atoms with E-state index in [1.54, 1.807) is 6.07 Å². The van der Waals surface area contributed by atoms with Crippen LogP contribution in [0.15, 0.2) is 22.7 Å². The second-order valence-electron chi connectivity index (χ2n) is 5.11. The van der Waals surface area contributed by atoms with Crippen LogP contribution < -0.4 is 0 Å². The number of rotatable bonds is 3. The normalized spacial score (nSPS) is 24.4. The van der Waals surface area contributed by atoms with Crippen LogP contribution in [0.25, 0.3) is 0 Å². The van der Waals surface area contributed by atoms with E-state index in [9.17, 15) is 14.3 Å². The third-order valence-corrected chi connectivity index (χ3v) is 4.42. The molecule has 1 aliphatic heterocycles. The molecule has 1 heterocycles. The Hall–Kier alpha value is -0.940. The number of likely N-dealkylation sites (tertiary alicyclic amines) is 1. The quantitative estimate of drug-likeness (QED) is 0.925. The molecular weight excluding hydrogens is 313 g/mol. The second kappa shape index (κ2) is 6.01. The number of hydrogen-bond acceptors (Lipinski definition) is 2. The number of carbonyl (C=O) groups is 1. The monoisotopic (exact) mass is 329 g/mol. The molecule has 1 N–H and O–H groups in total. The maximum atomic E-state index is 13.1. The minimum absolute atomic E-state index is 0.144. The van der Waals surface area contributed by atoms with Crippen molar-refractivity contribution in [2.45, 2.75) is 32.4 Å². The largest absolute Gasteiger partial charge is 0.480 e. The molecule has 1 saturated heterocycles. The van der Waals surface area contributed by atoms with Gasteiger partial charge in [0.1, 0.15) is 11.9 Å². The van der Waals surface area contributed by atoms with Crippen molar-refractivity contribution < 1.29 is 14.3 Å². The van der Waals surface area contributed by atoms with Gasteiger partial charge < -0.3 is 5.11 Å². The van der Waals surface area contributed by atoms with Gasteiger partial charge in [-0.2, -0.15) is 0 Å². The van der Waals surface area contributed by atoms with Crippen LogP contribution in [0.3, 0.4) is 0 Å². The lowest BCUT2D eigenvalue weighted by atomic mass is 9.90. The summed E-state index contributed by atoms with van der Waals surface area (Å²) in [6.07, 6.45) is 1.95. The van der Waals surface area contributed by atoms with Crippen molar-refractivity contribution in [3.63, 3.8) is 0 Å². The molecule has 2 atom stereocenters. The lowest BCUT2D eigenvalue weighted by molar-refractivity contribution is -0.147. The van der Waals surface area contributed by atoms with Gasteiger partial charge in [0.2, 0.25) is 0 Å². The second-order valence-corrected chi connectivity index (χ2v) is 5.96. The van der Waals surface area contributed by atoms with Crippen molar-refractivity contribution in [2.75, 3.05) is 6.54 Å². The van der Waals surface area contributed by atoms with Crippen LogP contribution in [-0.2, 0) is 11.3 Å². The number of carboxylic acid groups (broad SMARTS) is 1. The molecule has 2 unspecified atom stereocenters. The zero-order chi connectivity index (χ0) is 14.0. The van der Waals surface area contributed by atoms with E-state index in [1.165, 1.54) is 12.1 Å². The van der Waals surface area contributed by atoms with E-state index in [-0.39, 0.29) is 11.7 Å². The van der Waals surface area contributed by atoms with Crippen LogP contribution in [0.4, 0.5) is 4.39 Å². The highest BCUT2D eigenvalue weighted by Gasteiger charge is 2.34. The van der Waals surface area contributed by atoms with E-state index in [0.29, 0.717) is 11.0 Å². The Bertz CT molecular complexity index is 481. The number of carboxylic acids is 1. The van der Waals surface area contributed by atoms with Crippen LogP contribution in [0.1, 0.15) is 25.3 Å². The minimum Gasteiger partial charge on any atom is -0.480 e. The fourth-order valence-corrected chi connectivity index (χ4v) is 3.20. The molecule has 1 aromatic rings. The third-order valence-electron chi connectivity index (χ3n) is 3.68. The standard InChI is InChI=1S/C14H17BrFNO2/c1-9-3-2-6-17(13(9)14(18)19)8-10-4-5-11(16)7-12(10)15/h4-5,7,9,13H,2-3,6,8H2,1H3,(H,18,19). The summed E-state index contributed by atoms with van der Waals surface area (Å²) in [6, 6.07) is 4.07. The molecule has 104 valence electrons. The van der Waals surface area contributed by atoms with Gasteiger partial charge in [0.05, 0.1) is 0 Å². The summed E-state index contributed by atoms with van der Waals surface area (Å²) in [7, 11) is 0. The topological polar surface area (TPSA) is 40.5 Å². The maximum absolute atomic E-state index is 13.1. The van der Waals surface area contributed by atoms with Gasteiger partial charge in [0.15, 0.2) is 0 Å². The SMILES string of the molecule is CC1CCCN(Cc2ccc(F)cc2Br)C1C(=O)O. The van der Waals surface area contributed by atoms with Gasteiger partial charge in [-0.3, -0.25) is 9.69 Å². The van der Waals surface area contributed by atoms with Crippen LogP contribution in [0, 0.1) is 11.7 Å². The third kappa shape index (κ3) is 3.34. The molecular formula is C14H17BrFNO2. The lowest BCUT2D eigenvalue weighted by Crippen LogP contribution is -2.48.